The van der Waals surface area contributed by atoms with Gasteiger partial charge in [-0.05, 0) is 27.4 Å². The van der Waals surface area contributed by atoms with Crippen LogP contribution < -0.4 is 0 Å². The Bertz CT molecular complexity index is 266. The number of nitrogens with zero attached hydrogens (tertiary/aromatic N) is 1. The van der Waals surface area contributed by atoms with Gasteiger partial charge in [-0.1, -0.05) is 52.9 Å². The summed E-state index contributed by atoms with van der Waals surface area (Å²) >= 11 is 0. The molecule has 4 nitrogen and oxygen atoms in total. The standard InChI is InChI=1S/C17H35NO3/c1-7-8-9-10-11-12-13-16(20)21-17(14(2)3,15(4)19)18(5)6/h14-15,19H,7-13H2,1-6H3. The lowest BCUT2D eigenvalue weighted by Crippen LogP contribution is -2.59. The van der Waals surface area contributed by atoms with Gasteiger partial charge >= 0.3 is 5.97 Å². The van der Waals surface area contributed by atoms with Crippen LogP contribution in [0.1, 0.15) is 72.6 Å². The van der Waals surface area contributed by atoms with Crippen LogP contribution in [0.3, 0.4) is 0 Å². The molecule has 1 N–H and O–H groups in total. The Kier molecular flexibility index (Phi) is 9.88. The van der Waals surface area contributed by atoms with Crippen LogP contribution >= 0.6 is 0 Å². The highest BCUT2D eigenvalue weighted by molar-refractivity contribution is 5.69. The third kappa shape index (κ3) is 6.35. The van der Waals surface area contributed by atoms with Gasteiger partial charge in [0.2, 0.25) is 0 Å². The van der Waals surface area contributed by atoms with Gasteiger partial charge in [-0.25, -0.2) is 0 Å². The van der Waals surface area contributed by atoms with Gasteiger partial charge < -0.3 is 9.84 Å². The first-order valence-electron chi connectivity index (χ1n) is 8.36. The molecule has 0 bridgehead atoms. The summed E-state index contributed by atoms with van der Waals surface area (Å²) in [7, 11) is 3.68. The van der Waals surface area contributed by atoms with Crippen LogP contribution in [-0.4, -0.2) is 41.9 Å². The normalized spacial score (nSPS) is 16.0. The van der Waals surface area contributed by atoms with Crippen LogP contribution in [0.15, 0.2) is 0 Å². The molecule has 0 rings (SSSR count). The minimum Gasteiger partial charge on any atom is -0.441 e. The first-order chi connectivity index (χ1) is 9.78. The van der Waals surface area contributed by atoms with Gasteiger partial charge in [0.25, 0.3) is 0 Å². The van der Waals surface area contributed by atoms with Crippen LogP contribution in [0.2, 0.25) is 0 Å². The number of aliphatic hydroxyl groups is 1. The van der Waals surface area contributed by atoms with Crippen LogP contribution in [0.5, 0.6) is 0 Å². The molecule has 4 heteroatoms. The van der Waals surface area contributed by atoms with E-state index in [1.807, 2.05) is 32.8 Å². The molecule has 0 aliphatic rings. The molecule has 0 heterocycles. The predicted octanol–water partition coefficient (Wildman–Crippen LogP) is 3.57. The molecule has 126 valence electrons. The molecule has 0 fully saturated rings. The van der Waals surface area contributed by atoms with Gasteiger partial charge in [-0.3, -0.25) is 9.69 Å². The number of hydrogen-bond donors (Lipinski definition) is 1. The van der Waals surface area contributed by atoms with E-state index in [0.29, 0.717) is 6.42 Å². The molecule has 0 radical (unpaired) electrons. The minimum absolute atomic E-state index is 0.0148. The molecule has 0 aromatic rings. The molecule has 0 aliphatic heterocycles. The average molecular weight is 301 g/mol. The number of likely N-dealkylation sites (N-methyl/N-ethyl adjacent to an activating group) is 1. The maximum absolute atomic E-state index is 12.1. The summed E-state index contributed by atoms with van der Waals surface area (Å²) in [5, 5.41) is 10.1. The molecule has 2 atom stereocenters. The first-order valence-corrected chi connectivity index (χ1v) is 8.36. The second-order valence-electron chi connectivity index (χ2n) is 6.47. The molecule has 0 aromatic heterocycles. The Labute approximate surface area is 130 Å². The molecule has 2 unspecified atom stereocenters. The summed E-state index contributed by atoms with van der Waals surface area (Å²) in [6, 6.07) is 0. The SMILES string of the molecule is CCCCCCCCC(=O)OC(C(C)C)(C(C)O)N(C)C. The summed E-state index contributed by atoms with van der Waals surface area (Å²) in [6.07, 6.45) is 6.56. The number of hydrogen-bond acceptors (Lipinski definition) is 4. The van der Waals surface area contributed by atoms with Crippen molar-refractivity contribution in [2.45, 2.75) is 84.5 Å². The first kappa shape index (κ1) is 20.4. The summed E-state index contributed by atoms with van der Waals surface area (Å²) < 4.78 is 5.69. The zero-order valence-corrected chi connectivity index (χ0v) is 14.8. The number of carbonyl (C=O) groups excluding carboxylic acids is 1. The number of esters is 1. The van der Waals surface area contributed by atoms with Gasteiger partial charge in [0.05, 0.1) is 0 Å². The monoisotopic (exact) mass is 301 g/mol. The fourth-order valence-corrected chi connectivity index (χ4v) is 2.95. The zero-order valence-electron chi connectivity index (χ0n) is 14.8. The Hall–Kier alpha value is -0.610. The van der Waals surface area contributed by atoms with E-state index in [4.69, 9.17) is 4.74 Å². The van der Waals surface area contributed by atoms with Crippen molar-refractivity contribution < 1.29 is 14.6 Å². The van der Waals surface area contributed by atoms with Crippen molar-refractivity contribution in [2.75, 3.05) is 14.1 Å². The Morgan fingerprint density at radius 2 is 1.62 bits per heavy atom. The van der Waals surface area contributed by atoms with Crippen molar-refractivity contribution >= 4 is 5.97 Å². The van der Waals surface area contributed by atoms with Crippen molar-refractivity contribution in [3.8, 4) is 0 Å². The highest BCUT2D eigenvalue weighted by Crippen LogP contribution is 2.29. The fraction of sp³-hybridized carbons (Fsp3) is 0.941. The van der Waals surface area contributed by atoms with Crippen molar-refractivity contribution in [1.82, 2.24) is 4.90 Å². The zero-order chi connectivity index (χ0) is 16.5. The van der Waals surface area contributed by atoms with E-state index < -0.39 is 11.8 Å². The fourth-order valence-electron chi connectivity index (χ4n) is 2.95. The highest BCUT2D eigenvalue weighted by atomic mass is 16.6. The molecule has 0 aliphatic carbocycles. The van der Waals surface area contributed by atoms with Crippen LogP contribution in [0, 0.1) is 5.92 Å². The lowest BCUT2D eigenvalue weighted by atomic mass is 9.92. The predicted molar refractivity (Wildman–Crippen MR) is 87.0 cm³/mol. The quantitative estimate of drug-likeness (QED) is 0.360. The molecule has 0 aromatic carbocycles. The largest absolute Gasteiger partial charge is 0.441 e. The molecule has 21 heavy (non-hydrogen) atoms. The molecular formula is C17H35NO3. The summed E-state index contributed by atoms with van der Waals surface area (Å²) in [5.41, 5.74) is -0.945. The number of rotatable bonds is 11. The van der Waals surface area contributed by atoms with Gasteiger partial charge in [-0.15, -0.1) is 0 Å². The van der Waals surface area contributed by atoms with Crippen molar-refractivity contribution in [1.29, 1.82) is 0 Å². The molecule has 0 saturated carbocycles. The molecular weight excluding hydrogens is 266 g/mol. The van der Waals surface area contributed by atoms with E-state index in [-0.39, 0.29) is 11.9 Å². The summed E-state index contributed by atoms with van der Waals surface area (Å²) in [4.78, 5) is 13.9. The molecule has 0 saturated heterocycles. The Balaban J connectivity index is 4.36. The Morgan fingerprint density at radius 3 is 2.05 bits per heavy atom. The molecule has 0 spiro atoms. The maximum atomic E-state index is 12.1. The molecule has 0 amide bonds. The highest BCUT2D eigenvalue weighted by Gasteiger charge is 2.44. The summed E-state index contributed by atoms with van der Waals surface area (Å²) in [6.45, 7) is 7.80. The van der Waals surface area contributed by atoms with Crippen molar-refractivity contribution in [3.63, 3.8) is 0 Å². The maximum Gasteiger partial charge on any atom is 0.307 e. The number of ether oxygens (including phenoxy) is 1. The lowest BCUT2D eigenvalue weighted by molar-refractivity contribution is -0.220. The summed E-state index contributed by atoms with van der Waals surface area (Å²) in [5.74, 6) is -0.199. The van der Waals surface area contributed by atoms with E-state index >= 15 is 0 Å². The average Bonchev–Trinajstić information content (AvgIpc) is 2.38. The second-order valence-corrected chi connectivity index (χ2v) is 6.47. The second kappa shape index (κ2) is 10.2. The third-order valence-corrected chi connectivity index (χ3v) is 4.14. The number of unbranched alkanes of at least 4 members (excludes halogenated alkanes) is 5. The van der Waals surface area contributed by atoms with Gasteiger partial charge in [0.1, 0.15) is 6.10 Å². The minimum atomic E-state index is -0.945. The van der Waals surface area contributed by atoms with Gasteiger partial charge in [0.15, 0.2) is 5.72 Å². The van der Waals surface area contributed by atoms with E-state index in [9.17, 15) is 9.90 Å². The van der Waals surface area contributed by atoms with E-state index in [1.54, 1.807) is 6.92 Å². The van der Waals surface area contributed by atoms with E-state index in [0.717, 1.165) is 12.8 Å². The van der Waals surface area contributed by atoms with Crippen LogP contribution in [0.25, 0.3) is 0 Å². The van der Waals surface area contributed by atoms with Gasteiger partial charge in [-0.2, -0.15) is 0 Å². The van der Waals surface area contributed by atoms with Crippen LogP contribution in [0.4, 0.5) is 0 Å². The van der Waals surface area contributed by atoms with Gasteiger partial charge in [0, 0.05) is 12.3 Å². The third-order valence-electron chi connectivity index (χ3n) is 4.14. The van der Waals surface area contributed by atoms with Crippen molar-refractivity contribution in [2.24, 2.45) is 5.92 Å². The lowest BCUT2D eigenvalue weighted by Gasteiger charge is -2.44. The van der Waals surface area contributed by atoms with E-state index in [1.165, 1.54) is 25.7 Å². The smallest absolute Gasteiger partial charge is 0.307 e. The Morgan fingerprint density at radius 1 is 1.10 bits per heavy atom. The van der Waals surface area contributed by atoms with Crippen molar-refractivity contribution in [3.05, 3.63) is 0 Å². The van der Waals surface area contributed by atoms with E-state index in [2.05, 4.69) is 6.92 Å². The topological polar surface area (TPSA) is 49.8 Å². The van der Waals surface area contributed by atoms with Crippen LogP contribution in [-0.2, 0) is 9.53 Å². The number of carbonyl (C=O) groups is 1. The number of aliphatic hydroxyl groups excluding tert-OH is 1.